The molecule has 0 aliphatic carbocycles. The van der Waals surface area contributed by atoms with E-state index in [1.54, 1.807) is 0 Å². The van der Waals surface area contributed by atoms with Gasteiger partial charge < -0.3 is 5.73 Å². The van der Waals surface area contributed by atoms with Crippen molar-refractivity contribution in [2.75, 3.05) is 6.54 Å². The Morgan fingerprint density at radius 1 is 1.29 bits per heavy atom. The highest BCUT2D eigenvalue weighted by molar-refractivity contribution is 5.38. The maximum Gasteiger partial charge on any atom is 0.139 e. The number of hydrogen-bond acceptors (Lipinski definition) is 1. The zero-order valence-corrected chi connectivity index (χ0v) is 7.90. The Morgan fingerprint density at radius 3 is 2.64 bits per heavy atom. The number of nitrogens with two attached hydrogens (primary N) is 1. The first kappa shape index (κ1) is 10.7. The lowest BCUT2D eigenvalue weighted by molar-refractivity contribution is 0.590. The molecule has 2 N–H and O–H groups in total. The van der Waals surface area contributed by atoms with Gasteiger partial charge in [-0.15, -0.1) is 0 Å². The first-order valence-electron chi connectivity index (χ1n) is 4.29. The third-order valence-electron chi connectivity index (χ3n) is 1.74. The summed E-state index contributed by atoms with van der Waals surface area (Å²) in [6.07, 6.45) is 0.481. The zero-order valence-electron chi connectivity index (χ0n) is 7.90. The Labute approximate surface area is 81.9 Å². The molecule has 0 aromatic heterocycles. The van der Waals surface area contributed by atoms with Crippen LogP contribution in [0.15, 0.2) is 12.1 Å². The Balaban J connectivity index is 3.00. The van der Waals surface area contributed by atoms with Gasteiger partial charge in [0.25, 0.3) is 0 Å². The van der Waals surface area contributed by atoms with Crippen LogP contribution in [0.25, 0.3) is 0 Å². The maximum absolute atomic E-state index is 13.2. The van der Waals surface area contributed by atoms with Crippen molar-refractivity contribution in [3.05, 3.63) is 34.9 Å². The Kier molecular flexibility index (Phi) is 3.61. The fourth-order valence-corrected chi connectivity index (χ4v) is 0.972. The maximum atomic E-state index is 13.2. The van der Waals surface area contributed by atoms with Gasteiger partial charge in [0.15, 0.2) is 0 Å². The lowest BCUT2D eigenvalue weighted by atomic mass is 10.1. The van der Waals surface area contributed by atoms with E-state index < -0.39 is 11.6 Å². The lowest BCUT2D eigenvalue weighted by Crippen LogP contribution is -1.96. The van der Waals surface area contributed by atoms with E-state index in [1.165, 1.54) is 6.92 Å². The quantitative estimate of drug-likeness (QED) is 0.681. The van der Waals surface area contributed by atoms with Crippen molar-refractivity contribution in [2.45, 2.75) is 13.3 Å². The SMILES string of the molecule is Cc1cc(F)c(C#CCCN)cc1F. The van der Waals surface area contributed by atoms with E-state index in [0.29, 0.717) is 13.0 Å². The smallest absolute Gasteiger partial charge is 0.139 e. The second-order valence-electron chi connectivity index (χ2n) is 2.92. The summed E-state index contributed by atoms with van der Waals surface area (Å²) >= 11 is 0. The molecule has 0 radical (unpaired) electrons. The van der Waals surface area contributed by atoms with Crippen molar-refractivity contribution < 1.29 is 8.78 Å². The highest BCUT2D eigenvalue weighted by Crippen LogP contribution is 2.12. The fourth-order valence-electron chi connectivity index (χ4n) is 0.972. The highest BCUT2D eigenvalue weighted by Gasteiger charge is 2.04. The van der Waals surface area contributed by atoms with E-state index in [4.69, 9.17) is 5.73 Å². The lowest BCUT2D eigenvalue weighted by Gasteiger charge is -1.98. The molecule has 0 unspecified atom stereocenters. The average molecular weight is 195 g/mol. The summed E-state index contributed by atoms with van der Waals surface area (Å²) in [5.41, 5.74) is 5.58. The molecule has 0 atom stereocenters. The first-order valence-corrected chi connectivity index (χ1v) is 4.29. The first-order chi connectivity index (χ1) is 6.65. The third-order valence-corrected chi connectivity index (χ3v) is 1.74. The monoisotopic (exact) mass is 195 g/mol. The van der Waals surface area contributed by atoms with Gasteiger partial charge in [-0.25, -0.2) is 8.78 Å². The molecule has 1 nitrogen and oxygen atoms in total. The summed E-state index contributed by atoms with van der Waals surface area (Å²) in [7, 11) is 0. The van der Waals surface area contributed by atoms with Crippen molar-refractivity contribution in [1.29, 1.82) is 0 Å². The molecule has 14 heavy (non-hydrogen) atoms. The second kappa shape index (κ2) is 4.73. The van der Waals surface area contributed by atoms with Gasteiger partial charge in [-0.05, 0) is 24.6 Å². The number of aryl methyl sites for hydroxylation is 1. The van der Waals surface area contributed by atoms with Gasteiger partial charge in [0.2, 0.25) is 0 Å². The summed E-state index contributed by atoms with van der Waals surface area (Å²) in [5.74, 6) is 4.26. The van der Waals surface area contributed by atoms with E-state index in [2.05, 4.69) is 11.8 Å². The van der Waals surface area contributed by atoms with Crippen LogP contribution < -0.4 is 5.73 Å². The van der Waals surface area contributed by atoms with Gasteiger partial charge in [-0.1, -0.05) is 11.8 Å². The summed E-state index contributed by atoms with van der Waals surface area (Å²) in [5, 5.41) is 0. The molecule has 0 aliphatic heterocycles. The number of hydrogen-bond donors (Lipinski definition) is 1. The van der Waals surface area contributed by atoms with E-state index >= 15 is 0 Å². The Morgan fingerprint density at radius 2 is 2.00 bits per heavy atom. The molecule has 0 spiro atoms. The van der Waals surface area contributed by atoms with Crippen molar-refractivity contribution in [3.63, 3.8) is 0 Å². The van der Waals surface area contributed by atoms with Gasteiger partial charge in [0.1, 0.15) is 11.6 Å². The van der Waals surface area contributed by atoms with Crippen LogP contribution in [0.3, 0.4) is 0 Å². The summed E-state index contributed by atoms with van der Waals surface area (Å²) in [4.78, 5) is 0. The highest BCUT2D eigenvalue weighted by atomic mass is 19.1. The molecule has 0 fully saturated rings. The Hall–Kier alpha value is -1.40. The molecule has 0 aliphatic rings. The Bertz CT molecular complexity index is 388. The largest absolute Gasteiger partial charge is 0.330 e. The predicted molar refractivity (Wildman–Crippen MR) is 51.6 cm³/mol. The van der Waals surface area contributed by atoms with E-state index in [0.717, 1.165) is 12.1 Å². The molecule has 0 saturated carbocycles. The molecule has 74 valence electrons. The van der Waals surface area contributed by atoms with Crippen molar-refractivity contribution >= 4 is 0 Å². The zero-order chi connectivity index (χ0) is 10.6. The normalized spacial score (nSPS) is 9.43. The molecular weight excluding hydrogens is 184 g/mol. The van der Waals surface area contributed by atoms with Crippen LogP contribution in [0.2, 0.25) is 0 Å². The molecule has 1 rings (SSSR count). The molecule has 0 saturated heterocycles. The average Bonchev–Trinajstić information content (AvgIpc) is 2.14. The summed E-state index contributed by atoms with van der Waals surface area (Å²) < 4.78 is 26.2. The van der Waals surface area contributed by atoms with Gasteiger partial charge in [-0.3, -0.25) is 0 Å². The van der Waals surface area contributed by atoms with Crippen LogP contribution in [0.1, 0.15) is 17.5 Å². The van der Waals surface area contributed by atoms with Crippen LogP contribution in [0, 0.1) is 30.4 Å². The summed E-state index contributed by atoms with van der Waals surface area (Å²) in [6.45, 7) is 1.93. The molecule has 1 aromatic rings. The van der Waals surface area contributed by atoms with Gasteiger partial charge in [-0.2, -0.15) is 0 Å². The number of benzene rings is 1. The van der Waals surface area contributed by atoms with Crippen LogP contribution >= 0.6 is 0 Å². The minimum atomic E-state index is -0.492. The number of halogens is 2. The minimum absolute atomic E-state index is 0.0848. The van der Waals surface area contributed by atoms with Crippen molar-refractivity contribution in [3.8, 4) is 11.8 Å². The molecule has 3 heteroatoms. The minimum Gasteiger partial charge on any atom is -0.330 e. The summed E-state index contributed by atoms with van der Waals surface area (Å²) in [6, 6.07) is 2.25. The number of rotatable bonds is 1. The molecular formula is C11H11F2N. The van der Waals surface area contributed by atoms with Gasteiger partial charge >= 0.3 is 0 Å². The third kappa shape index (κ3) is 2.54. The molecule has 0 amide bonds. The second-order valence-corrected chi connectivity index (χ2v) is 2.92. The molecule has 0 bridgehead atoms. The van der Waals surface area contributed by atoms with Crippen LogP contribution in [0.4, 0.5) is 8.78 Å². The van der Waals surface area contributed by atoms with Crippen molar-refractivity contribution in [1.82, 2.24) is 0 Å². The van der Waals surface area contributed by atoms with Gasteiger partial charge in [0.05, 0.1) is 5.56 Å². The topological polar surface area (TPSA) is 26.0 Å². The van der Waals surface area contributed by atoms with Crippen LogP contribution in [0.5, 0.6) is 0 Å². The molecule has 0 heterocycles. The van der Waals surface area contributed by atoms with Crippen molar-refractivity contribution in [2.24, 2.45) is 5.73 Å². The van der Waals surface area contributed by atoms with E-state index in [-0.39, 0.29) is 11.1 Å². The van der Waals surface area contributed by atoms with Gasteiger partial charge in [0, 0.05) is 13.0 Å². The predicted octanol–water partition coefficient (Wildman–Crippen LogP) is 1.97. The van der Waals surface area contributed by atoms with Crippen LogP contribution in [-0.2, 0) is 0 Å². The van der Waals surface area contributed by atoms with Crippen LogP contribution in [-0.4, -0.2) is 6.54 Å². The standard InChI is InChI=1S/C11H11F2N/c1-8-6-11(13)9(7-10(8)12)4-2-3-5-14/h6-7H,3,5,14H2,1H3. The molecule has 1 aromatic carbocycles. The van der Waals surface area contributed by atoms with E-state index in [1.807, 2.05) is 0 Å². The van der Waals surface area contributed by atoms with E-state index in [9.17, 15) is 8.78 Å². The fraction of sp³-hybridized carbons (Fsp3) is 0.273.